The zero-order valence-corrected chi connectivity index (χ0v) is 15.8. The molecular weight excluding hydrogens is 383 g/mol. The van der Waals surface area contributed by atoms with E-state index in [1.165, 1.54) is 6.07 Å². The van der Waals surface area contributed by atoms with Crippen LogP contribution in [0.4, 0.5) is 24.7 Å². The molecule has 1 aliphatic heterocycles. The Morgan fingerprint density at radius 3 is 2.52 bits per heavy atom. The van der Waals surface area contributed by atoms with E-state index in [0.29, 0.717) is 43.2 Å². The Hall–Kier alpha value is -3.12. The number of rotatable bonds is 4. The third-order valence-electron chi connectivity index (χ3n) is 4.90. The van der Waals surface area contributed by atoms with Crippen molar-refractivity contribution in [2.24, 2.45) is 0 Å². The van der Waals surface area contributed by atoms with Crippen LogP contribution in [0.2, 0.25) is 0 Å². The number of benzene rings is 1. The van der Waals surface area contributed by atoms with Crippen molar-refractivity contribution in [1.82, 2.24) is 9.88 Å². The van der Waals surface area contributed by atoms with Gasteiger partial charge in [-0.25, -0.2) is 4.98 Å². The summed E-state index contributed by atoms with van der Waals surface area (Å²) in [6.07, 6.45) is -3.56. The number of nitrogens with one attached hydrogen (secondary N) is 1. The van der Waals surface area contributed by atoms with E-state index >= 15 is 0 Å². The smallest absolute Gasteiger partial charge is 0.354 e. The van der Waals surface area contributed by atoms with Crippen molar-refractivity contribution < 1.29 is 18.0 Å². The molecule has 1 saturated heterocycles. The maximum absolute atomic E-state index is 12.7. The van der Waals surface area contributed by atoms with Gasteiger partial charge in [0.05, 0.1) is 23.2 Å². The molecule has 1 atom stereocenters. The van der Waals surface area contributed by atoms with Crippen molar-refractivity contribution in [2.45, 2.75) is 19.1 Å². The molecule has 9 heteroatoms. The lowest BCUT2D eigenvalue weighted by Crippen LogP contribution is -2.53. The molecule has 152 valence electrons. The van der Waals surface area contributed by atoms with Crippen molar-refractivity contribution in [3.05, 3.63) is 53.7 Å². The number of carbonyl (C=O) groups excluding carboxylic acids is 1. The Morgan fingerprint density at radius 2 is 1.93 bits per heavy atom. The second kappa shape index (κ2) is 8.49. The van der Waals surface area contributed by atoms with Crippen molar-refractivity contribution in [3.8, 4) is 6.07 Å². The van der Waals surface area contributed by atoms with Crippen LogP contribution in [0, 0.1) is 11.3 Å². The van der Waals surface area contributed by atoms with Gasteiger partial charge in [-0.05, 0) is 37.3 Å². The van der Waals surface area contributed by atoms with Gasteiger partial charge in [-0.1, -0.05) is 6.07 Å². The first-order chi connectivity index (χ1) is 13.8. The highest BCUT2D eigenvalue weighted by Crippen LogP contribution is 2.29. The fourth-order valence-corrected chi connectivity index (χ4v) is 3.16. The monoisotopic (exact) mass is 403 g/mol. The van der Waals surface area contributed by atoms with Gasteiger partial charge in [-0.15, -0.1) is 0 Å². The highest BCUT2D eigenvalue weighted by atomic mass is 19.4. The lowest BCUT2D eigenvalue weighted by Gasteiger charge is -2.38. The minimum Gasteiger partial charge on any atom is -0.354 e. The van der Waals surface area contributed by atoms with Crippen molar-refractivity contribution >= 4 is 17.4 Å². The minimum absolute atomic E-state index is 0.179. The zero-order valence-electron chi connectivity index (χ0n) is 15.8. The number of hydrogen-bond acceptors (Lipinski definition) is 5. The van der Waals surface area contributed by atoms with Crippen molar-refractivity contribution in [1.29, 1.82) is 5.26 Å². The van der Waals surface area contributed by atoms with Crippen molar-refractivity contribution in [2.75, 3.05) is 36.4 Å². The SMILES string of the molecule is C[C@H](C(=O)Nc1cccc(C#N)c1)N1CCN(c2ccc(C(F)(F)F)cn2)CC1. The first-order valence-electron chi connectivity index (χ1n) is 9.11. The summed E-state index contributed by atoms with van der Waals surface area (Å²) < 4.78 is 38.0. The van der Waals surface area contributed by atoms with Gasteiger partial charge in [0.2, 0.25) is 5.91 Å². The van der Waals surface area contributed by atoms with Crippen LogP contribution in [0.25, 0.3) is 0 Å². The van der Waals surface area contributed by atoms with Crippen LogP contribution in [-0.2, 0) is 11.0 Å². The van der Waals surface area contributed by atoms with E-state index < -0.39 is 11.7 Å². The standard InChI is InChI=1S/C20H20F3N5O/c1-14(19(29)26-17-4-2-3-15(11-17)12-24)27-7-9-28(10-8-27)18-6-5-16(13-25-18)20(21,22)23/h2-6,11,13-14H,7-10H2,1H3,(H,26,29)/t14-/m1/s1. The molecule has 3 rings (SSSR count). The van der Waals surface area contributed by atoms with Gasteiger partial charge in [-0.3, -0.25) is 9.69 Å². The number of halogens is 3. The van der Waals surface area contributed by atoms with Crippen LogP contribution in [0.1, 0.15) is 18.1 Å². The number of aromatic nitrogens is 1. The molecule has 0 bridgehead atoms. The number of amides is 1. The maximum Gasteiger partial charge on any atom is 0.417 e. The third-order valence-corrected chi connectivity index (χ3v) is 4.90. The van der Waals surface area contributed by atoms with E-state index in [1.54, 1.807) is 31.2 Å². The summed E-state index contributed by atoms with van der Waals surface area (Å²) in [6, 6.07) is 10.7. The molecule has 0 spiro atoms. The first kappa shape index (κ1) is 20.6. The number of anilines is 2. The highest BCUT2D eigenvalue weighted by molar-refractivity contribution is 5.94. The van der Waals surface area contributed by atoms with E-state index in [0.717, 1.165) is 12.3 Å². The van der Waals surface area contributed by atoms with E-state index in [9.17, 15) is 18.0 Å². The maximum atomic E-state index is 12.7. The second-order valence-electron chi connectivity index (χ2n) is 6.78. The molecular formula is C20H20F3N5O. The number of nitriles is 1. The molecule has 0 unspecified atom stereocenters. The van der Waals surface area contributed by atoms with Crippen LogP contribution in [-0.4, -0.2) is 48.0 Å². The van der Waals surface area contributed by atoms with Gasteiger partial charge in [0.15, 0.2) is 0 Å². The van der Waals surface area contributed by atoms with Gasteiger partial charge in [-0.2, -0.15) is 18.4 Å². The Morgan fingerprint density at radius 1 is 1.21 bits per heavy atom. The predicted octanol–water partition coefficient (Wildman–Crippen LogP) is 3.12. The van der Waals surface area contributed by atoms with Gasteiger partial charge in [0.25, 0.3) is 0 Å². The molecule has 6 nitrogen and oxygen atoms in total. The predicted molar refractivity (Wildman–Crippen MR) is 102 cm³/mol. The third kappa shape index (κ3) is 5.03. The van der Waals surface area contributed by atoms with Gasteiger partial charge >= 0.3 is 6.18 Å². The number of pyridine rings is 1. The number of hydrogen-bond donors (Lipinski definition) is 1. The Kier molecular flexibility index (Phi) is 6.03. The Bertz CT molecular complexity index is 900. The van der Waals surface area contributed by atoms with Crippen molar-refractivity contribution in [3.63, 3.8) is 0 Å². The fraction of sp³-hybridized carbons (Fsp3) is 0.350. The number of carbonyl (C=O) groups is 1. The quantitative estimate of drug-likeness (QED) is 0.849. The lowest BCUT2D eigenvalue weighted by atomic mass is 10.2. The summed E-state index contributed by atoms with van der Waals surface area (Å²) in [4.78, 5) is 20.4. The van der Waals surface area contributed by atoms with Crippen LogP contribution in [0.5, 0.6) is 0 Å². The Labute approximate surface area is 166 Å². The highest BCUT2D eigenvalue weighted by Gasteiger charge is 2.31. The number of piperazine rings is 1. The Balaban J connectivity index is 1.55. The minimum atomic E-state index is -4.40. The molecule has 0 aliphatic carbocycles. The molecule has 1 N–H and O–H groups in total. The topological polar surface area (TPSA) is 72.3 Å². The van der Waals surface area contributed by atoms with E-state index in [2.05, 4.69) is 10.3 Å². The van der Waals surface area contributed by atoms with E-state index in [1.807, 2.05) is 15.9 Å². The van der Waals surface area contributed by atoms with Crippen LogP contribution >= 0.6 is 0 Å². The molecule has 1 aromatic carbocycles. The molecule has 1 fully saturated rings. The van der Waals surface area contributed by atoms with Gasteiger partial charge in [0.1, 0.15) is 5.82 Å². The van der Waals surface area contributed by atoms with Crippen LogP contribution < -0.4 is 10.2 Å². The molecule has 1 aromatic heterocycles. The molecule has 1 amide bonds. The second-order valence-corrected chi connectivity index (χ2v) is 6.78. The summed E-state index contributed by atoms with van der Waals surface area (Å²) in [5.41, 5.74) is 0.257. The average Bonchev–Trinajstić information content (AvgIpc) is 2.73. The number of nitrogens with zero attached hydrogens (tertiary/aromatic N) is 4. The fourth-order valence-electron chi connectivity index (χ4n) is 3.16. The van der Waals surface area contributed by atoms with Gasteiger partial charge < -0.3 is 10.2 Å². The molecule has 1 aliphatic rings. The van der Waals surface area contributed by atoms with E-state index in [-0.39, 0.29) is 11.9 Å². The summed E-state index contributed by atoms with van der Waals surface area (Å²) in [5, 5.41) is 11.8. The summed E-state index contributed by atoms with van der Waals surface area (Å²) in [5.74, 6) is 0.310. The molecule has 0 radical (unpaired) electrons. The van der Waals surface area contributed by atoms with Crippen LogP contribution in [0.15, 0.2) is 42.6 Å². The number of alkyl halides is 3. The summed E-state index contributed by atoms with van der Waals surface area (Å²) in [6.45, 7) is 4.07. The summed E-state index contributed by atoms with van der Waals surface area (Å²) in [7, 11) is 0. The normalized spacial score (nSPS) is 16.2. The average molecular weight is 403 g/mol. The zero-order chi connectivity index (χ0) is 21.0. The van der Waals surface area contributed by atoms with Gasteiger partial charge in [0, 0.05) is 38.1 Å². The lowest BCUT2D eigenvalue weighted by molar-refractivity contribution is -0.137. The summed E-state index contributed by atoms with van der Waals surface area (Å²) >= 11 is 0. The molecule has 2 heterocycles. The molecule has 29 heavy (non-hydrogen) atoms. The van der Waals surface area contributed by atoms with E-state index in [4.69, 9.17) is 5.26 Å². The van der Waals surface area contributed by atoms with Crippen LogP contribution in [0.3, 0.4) is 0 Å². The first-order valence-corrected chi connectivity index (χ1v) is 9.11. The molecule has 0 saturated carbocycles. The largest absolute Gasteiger partial charge is 0.417 e. The molecule has 2 aromatic rings.